The fraction of sp³-hybridized carbons (Fsp3) is 0.857. The van der Waals surface area contributed by atoms with E-state index in [0.717, 1.165) is 12.8 Å². The molecule has 0 spiro atoms. The van der Waals surface area contributed by atoms with Gasteiger partial charge in [-0.05, 0) is 33.6 Å². The van der Waals surface area contributed by atoms with E-state index in [4.69, 9.17) is 5.11 Å². The van der Waals surface area contributed by atoms with Gasteiger partial charge in [0.15, 0.2) is 0 Å². The molecule has 0 bridgehead atoms. The Bertz CT molecular complexity index is 339. The molecule has 1 fully saturated rings. The van der Waals surface area contributed by atoms with Gasteiger partial charge in [0, 0.05) is 25.2 Å². The van der Waals surface area contributed by atoms with Crippen LogP contribution in [0.1, 0.15) is 47.0 Å². The van der Waals surface area contributed by atoms with Crippen LogP contribution in [0.4, 0.5) is 4.79 Å². The van der Waals surface area contributed by atoms with Crippen molar-refractivity contribution < 1.29 is 14.7 Å². The van der Waals surface area contributed by atoms with Crippen molar-refractivity contribution in [2.45, 2.75) is 59.0 Å². The third kappa shape index (κ3) is 4.37. The molecule has 0 radical (unpaired) electrons. The Morgan fingerprint density at radius 1 is 1.35 bits per heavy atom. The molecule has 6 heteroatoms. The summed E-state index contributed by atoms with van der Waals surface area (Å²) >= 11 is 0. The van der Waals surface area contributed by atoms with Crippen molar-refractivity contribution in [2.75, 3.05) is 13.1 Å². The summed E-state index contributed by atoms with van der Waals surface area (Å²) in [6.45, 7) is 8.41. The molecule has 1 heterocycles. The van der Waals surface area contributed by atoms with E-state index < -0.39 is 11.9 Å². The lowest BCUT2D eigenvalue weighted by Gasteiger charge is -2.40. The first-order valence-electron chi connectivity index (χ1n) is 7.43. The van der Waals surface area contributed by atoms with Crippen molar-refractivity contribution in [3.63, 3.8) is 0 Å². The lowest BCUT2D eigenvalue weighted by atomic mass is 10.00. The number of hydrazine groups is 1. The van der Waals surface area contributed by atoms with Gasteiger partial charge in [0.1, 0.15) is 0 Å². The van der Waals surface area contributed by atoms with Crippen LogP contribution in [0, 0.1) is 5.92 Å². The number of carbonyl (C=O) groups is 2. The van der Waals surface area contributed by atoms with Crippen molar-refractivity contribution in [3.8, 4) is 0 Å². The molecule has 2 N–H and O–H groups in total. The number of aliphatic carboxylic acids is 1. The molecule has 20 heavy (non-hydrogen) atoms. The minimum Gasteiger partial charge on any atom is -0.481 e. The number of carboxylic acid groups (broad SMARTS) is 1. The van der Waals surface area contributed by atoms with E-state index in [9.17, 15) is 9.59 Å². The summed E-state index contributed by atoms with van der Waals surface area (Å²) in [5.41, 5.74) is 2.94. The molecule has 2 amide bonds. The summed E-state index contributed by atoms with van der Waals surface area (Å²) in [6.07, 6.45) is 3.33. The first-order chi connectivity index (χ1) is 9.36. The molecule has 1 aliphatic rings. The molecule has 0 aliphatic carbocycles. The van der Waals surface area contributed by atoms with Gasteiger partial charge in [-0.1, -0.05) is 13.3 Å². The standard InChI is InChI=1S/C14H27N3O3/c1-5-16(9-10(2)13(18)19)14(20)15-17-11(3)7-6-8-12(17)4/h10-12H,5-9H2,1-4H3,(H,15,20)(H,18,19). The van der Waals surface area contributed by atoms with Crippen LogP contribution in [0.15, 0.2) is 0 Å². The summed E-state index contributed by atoms with van der Waals surface area (Å²) in [5, 5.41) is 10.9. The maximum Gasteiger partial charge on any atom is 0.331 e. The topological polar surface area (TPSA) is 72.9 Å². The first kappa shape index (κ1) is 16.8. The minimum absolute atomic E-state index is 0.207. The third-order valence-electron chi connectivity index (χ3n) is 4.00. The van der Waals surface area contributed by atoms with E-state index in [-0.39, 0.29) is 12.6 Å². The minimum atomic E-state index is -0.879. The quantitative estimate of drug-likeness (QED) is 0.809. The van der Waals surface area contributed by atoms with E-state index in [2.05, 4.69) is 19.3 Å². The van der Waals surface area contributed by atoms with E-state index in [1.54, 1.807) is 11.8 Å². The largest absolute Gasteiger partial charge is 0.481 e. The van der Waals surface area contributed by atoms with Crippen molar-refractivity contribution in [1.29, 1.82) is 0 Å². The average molecular weight is 285 g/mol. The van der Waals surface area contributed by atoms with E-state index in [1.165, 1.54) is 6.42 Å². The SMILES string of the molecule is CCN(CC(C)C(=O)O)C(=O)NN1C(C)CCCC1C. The number of hydrogen-bond acceptors (Lipinski definition) is 3. The number of carbonyl (C=O) groups excluding carboxylic acids is 1. The Morgan fingerprint density at radius 3 is 2.35 bits per heavy atom. The molecule has 1 rings (SSSR count). The predicted molar refractivity (Wildman–Crippen MR) is 77.2 cm³/mol. The third-order valence-corrected chi connectivity index (χ3v) is 4.00. The van der Waals surface area contributed by atoms with Gasteiger partial charge in [-0.3, -0.25) is 10.2 Å². The van der Waals surface area contributed by atoms with E-state index in [1.807, 2.05) is 11.9 Å². The summed E-state index contributed by atoms with van der Waals surface area (Å²) < 4.78 is 0. The number of carboxylic acids is 1. The van der Waals surface area contributed by atoms with Crippen LogP contribution < -0.4 is 5.43 Å². The van der Waals surface area contributed by atoms with Crippen molar-refractivity contribution >= 4 is 12.0 Å². The Kier molecular flexibility index (Phi) is 6.26. The van der Waals surface area contributed by atoms with Gasteiger partial charge in [-0.2, -0.15) is 0 Å². The second-order valence-corrected chi connectivity index (χ2v) is 5.73. The maximum atomic E-state index is 12.3. The zero-order valence-corrected chi connectivity index (χ0v) is 12.9. The summed E-state index contributed by atoms with van der Waals surface area (Å²) in [6, 6.07) is 0.429. The van der Waals surface area contributed by atoms with Crippen LogP contribution in [0.25, 0.3) is 0 Å². The number of rotatable bonds is 5. The molecule has 3 atom stereocenters. The zero-order chi connectivity index (χ0) is 15.3. The molecule has 0 aromatic carbocycles. The van der Waals surface area contributed by atoms with Crippen LogP contribution in [0.5, 0.6) is 0 Å². The number of amides is 2. The second kappa shape index (κ2) is 7.47. The summed E-state index contributed by atoms with van der Waals surface area (Å²) in [7, 11) is 0. The van der Waals surface area contributed by atoms with Gasteiger partial charge in [-0.25, -0.2) is 9.80 Å². The Balaban J connectivity index is 2.60. The number of urea groups is 1. The first-order valence-corrected chi connectivity index (χ1v) is 7.43. The van der Waals surface area contributed by atoms with Crippen molar-refractivity contribution in [2.24, 2.45) is 5.92 Å². The highest BCUT2D eigenvalue weighted by molar-refractivity contribution is 5.75. The van der Waals surface area contributed by atoms with Crippen LogP contribution in [0.3, 0.4) is 0 Å². The number of hydrogen-bond donors (Lipinski definition) is 2. The lowest BCUT2D eigenvalue weighted by Crippen LogP contribution is -2.57. The molecular formula is C14H27N3O3. The van der Waals surface area contributed by atoms with Gasteiger partial charge in [0.25, 0.3) is 0 Å². The van der Waals surface area contributed by atoms with E-state index >= 15 is 0 Å². The second-order valence-electron chi connectivity index (χ2n) is 5.73. The molecule has 0 aromatic rings. The van der Waals surface area contributed by atoms with Gasteiger partial charge in [0.2, 0.25) is 0 Å². The smallest absolute Gasteiger partial charge is 0.331 e. The fourth-order valence-electron chi connectivity index (χ4n) is 2.59. The van der Waals surface area contributed by atoms with Crippen LogP contribution >= 0.6 is 0 Å². The molecule has 1 saturated heterocycles. The molecule has 0 saturated carbocycles. The van der Waals surface area contributed by atoms with Gasteiger partial charge in [0.05, 0.1) is 5.92 Å². The van der Waals surface area contributed by atoms with Crippen LogP contribution in [0.2, 0.25) is 0 Å². The summed E-state index contributed by atoms with van der Waals surface area (Å²) in [5.74, 6) is -1.44. The molecule has 3 unspecified atom stereocenters. The molecular weight excluding hydrogens is 258 g/mol. The summed E-state index contributed by atoms with van der Waals surface area (Å²) in [4.78, 5) is 24.7. The van der Waals surface area contributed by atoms with Crippen molar-refractivity contribution in [3.05, 3.63) is 0 Å². The highest BCUT2D eigenvalue weighted by Gasteiger charge is 2.28. The zero-order valence-electron chi connectivity index (χ0n) is 12.9. The average Bonchev–Trinajstić information content (AvgIpc) is 2.39. The number of piperidine rings is 1. The van der Waals surface area contributed by atoms with E-state index in [0.29, 0.717) is 18.6 Å². The maximum absolute atomic E-state index is 12.3. The molecule has 116 valence electrons. The fourth-order valence-corrected chi connectivity index (χ4v) is 2.59. The molecule has 1 aliphatic heterocycles. The van der Waals surface area contributed by atoms with Gasteiger partial charge in [-0.15, -0.1) is 0 Å². The van der Waals surface area contributed by atoms with Gasteiger partial charge < -0.3 is 10.0 Å². The lowest BCUT2D eigenvalue weighted by molar-refractivity contribution is -0.141. The van der Waals surface area contributed by atoms with Crippen molar-refractivity contribution in [1.82, 2.24) is 15.3 Å². The number of nitrogens with zero attached hydrogens (tertiary/aromatic N) is 2. The predicted octanol–water partition coefficient (Wildman–Crippen LogP) is 1.92. The Hall–Kier alpha value is -1.30. The normalized spacial score (nSPS) is 25.0. The molecule has 6 nitrogen and oxygen atoms in total. The highest BCUT2D eigenvalue weighted by Crippen LogP contribution is 2.20. The highest BCUT2D eigenvalue weighted by atomic mass is 16.4. The van der Waals surface area contributed by atoms with Crippen LogP contribution in [-0.4, -0.2) is 52.2 Å². The monoisotopic (exact) mass is 285 g/mol. The Labute approximate surface area is 121 Å². The number of nitrogens with one attached hydrogen (secondary N) is 1. The molecule has 0 aromatic heterocycles. The van der Waals surface area contributed by atoms with Crippen LogP contribution in [-0.2, 0) is 4.79 Å². The Morgan fingerprint density at radius 2 is 1.90 bits per heavy atom. The van der Waals surface area contributed by atoms with Gasteiger partial charge >= 0.3 is 12.0 Å².